The third-order valence-corrected chi connectivity index (χ3v) is 4.66. The molecule has 0 bridgehead atoms. The second-order valence-electron chi connectivity index (χ2n) is 3.73. The first-order chi connectivity index (χ1) is 8.70. The molecule has 1 aromatic heterocycles. The van der Waals surface area contributed by atoms with Gasteiger partial charge in [0.05, 0.1) is 5.02 Å². The number of rotatable bonds is 5. The fraction of sp³-hybridized carbons (Fsp3) is 0.333. The summed E-state index contributed by atoms with van der Waals surface area (Å²) in [4.78, 5) is 0. The van der Waals surface area contributed by atoms with Gasteiger partial charge in [0.1, 0.15) is 10.0 Å². The van der Waals surface area contributed by atoms with Crippen LogP contribution in [0.2, 0.25) is 5.02 Å². The van der Waals surface area contributed by atoms with Gasteiger partial charge < -0.3 is 5.32 Å². The normalized spacial score (nSPS) is 10.8. The molecule has 1 aromatic carbocycles. The monoisotopic (exact) mass is 345 g/mol. The third-order valence-electron chi connectivity index (χ3n) is 2.40. The summed E-state index contributed by atoms with van der Waals surface area (Å²) in [5, 5.41) is 14.3. The van der Waals surface area contributed by atoms with E-state index >= 15 is 0 Å². The maximum absolute atomic E-state index is 6.07. The van der Waals surface area contributed by atoms with E-state index in [0.29, 0.717) is 5.02 Å². The van der Waals surface area contributed by atoms with E-state index in [1.807, 2.05) is 18.2 Å². The smallest absolute Gasteiger partial charge is 0.147 e. The van der Waals surface area contributed by atoms with Crippen molar-refractivity contribution >= 4 is 38.9 Å². The average molecular weight is 347 g/mol. The van der Waals surface area contributed by atoms with E-state index in [-0.39, 0.29) is 0 Å². The fourth-order valence-electron chi connectivity index (χ4n) is 1.47. The molecule has 0 saturated heterocycles. The van der Waals surface area contributed by atoms with Crippen LogP contribution < -0.4 is 5.32 Å². The van der Waals surface area contributed by atoms with E-state index in [0.717, 1.165) is 39.6 Å². The molecule has 0 amide bonds. The lowest BCUT2D eigenvalue weighted by molar-refractivity contribution is 0.710. The molecule has 0 aliphatic rings. The molecular weight excluding hydrogens is 334 g/mol. The first-order valence-electron chi connectivity index (χ1n) is 5.69. The molecule has 18 heavy (non-hydrogen) atoms. The summed E-state index contributed by atoms with van der Waals surface area (Å²) in [6, 6.07) is 5.82. The van der Waals surface area contributed by atoms with Gasteiger partial charge in [0, 0.05) is 23.0 Å². The van der Waals surface area contributed by atoms with Crippen LogP contribution in [0.5, 0.6) is 0 Å². The van der Waals surface area contributed by atoms with Gasteiger partial charge >= 0.3 is 0 Å². The first kappa shape index (κ1) is 13.9. The number of hydrogen-bond acceptors (Lipinski definition) is 4. The minimum absolute atomic E-state index is 0.692. The lowest BCUT2D eigenvalue weighted by atomic mass is 10.2. The molecular formula is C12H13BrClN3S. The number of aromatic nitrogens is 2. The molecule has 0 unspecified atom stereocenters. The van der Waals surface area contributed by atoms with Crippen LogP contribution in [0.15, 0.2) is 22.7 Å². The topological polar surface area (TPSA) is 37.8 Å². The van der Waals surface area contributed by atoms with Crippen LogP contribution in [0.25, 0.3) is 10.6 Å². The van der Waals surface area contributed by atoms with E-state index in [2.05, 4.69) is 38.4 Å². The predicted octanol–water partition coefficient (Wildman–Crippen LogP) is 3.77. The predicted molar refractivity (Wildman–Crippen MR) is 80.3 cm³/mol. The van der Waals surface area contributed by atoms with Crippen LogP contribution in [-0.2, 0) is 6.42 Å². The van der Waals surface area contributed by atoms with Crippen molar-refractivity contribution in [3.8, 4) is 10.6 Å². The van der Waals surface area contributed by atoms with Crippen LogP contribution in [0.1, 0.15) is 11.9 Å². The largest absolute Gasteiger partial charge is 0.317 e. The standard InChI is InChI=1S/C12H13BrClN3S/c1-2-15-6-5-11-16-17-12(18-11)8-3-4-9(13)10(14)7-8/h3-4,7,15H,2,5-6H2,1H3. The van der Waals surface area contributed by atoms with Crippen LogP contribution >= 0.6 is 38.9 Å². The summed E-state index contributed by atoms with van der Waals surface area (Å²) >= 11 is 11.1. The number of hydrogen-bond donors (Lipinski definition) is 1. The van der Waals surface area contributed by atoms with Crippen molar-refractivity contribution in [1.82, 2.24) is 15.5 Å². The number of nitrogens with zero attached hydrogens (tertiary/aromatic N) is 2. The molecule has 0 spiro atoms. The van der Waals surface area contributed by atoms with Gasteiger partial charge in [-0.1, -0.05) is 35.9 Å². The van der Waals surface area contributed by atoms with Crippen molar-refractivity contribution in [2.75, 3.05) is 13.1 Å². The Morgan fingerprint density at radius 1 is 1.39 bits per heavy atom. The Hall–Kier alpha value is -0.490. The third kappa shape index (κ3) is 3.51. The van der Waals surface area contributed by atoms with Crippen LogP contribution in [0, 0.1) is 0 Å². The maximum atomic E-state index is 6.07. The molecule has 1 N–H and O–H groups in total. The Kier molecular flexibility index (Phi) is 5.12. The molecule has 0 atom stereocenters. The first-order valence-corrected chi connectivity index (χ1v) is 7.68. The van der Waals surface area contributed by atoms with Gasteiger partial charge in [-0.3, -0.25) is 0 Å². The molecule has 0 aliphatic heterocycles. The Labute approximate surface area is 124 Å². The van der Waals surface area contributed by atoms with Crippen molar-refractivity contribution in [2.24, 2.45) is 0 Å². The Balaban J connectivity index is 2.11. The van der Waals surface area contributed by atoms with Gasteiger partial charge in [-0.2, -0.15) is 0 Å². The lowest BCUT2D eigenvalue weighted by Gasteiger charge is -1.98. The maximum Gasteiger partial charge on any atom is 0.147 e. The zero-order chi connectivity index (χ0) is 13.0. The van der Waals surface area contributed by atoms with Crippen LogP contribution in [-0.4, -0.2) is 23.3 Å². The van der Waals surface area contributed by atoms with Gasteiger partial charge in [0.15, 0.2) is 0 Å². The molecule has 96 valence electrons. The van der Waals surface area contributed by atoms with E-state index in [9.17, 15) is 0 Å². The molecule has 0 saturated carbocycles. The minimum Gasteiger partial charge on any atom is -0.317 e. The van der Waals surface area contributed by atoms with Crippen LogP contribution in [0.3, 0.4) is 0 Å². The fourth-order valence-corrected chi connectivity index (χ4v) is 2.74. The Morgan fingerprint density at radius 2 is 2.22 bits per heavy atom. The highest BCUT2D eigenvalue weighted by molar-refractivity contribution is 9.10. The average Bonchev–Trinajstić information content (AvgIpc) is 2.82. The van der Waals surface area contributed by atoms with Gasteiger partial charge in [-0.05, 0) is 34.6 Å². The lowest BCUT2D eigenvalue weighted by Crippen LogP contribution is -2.15. The highest BCUT2D eigenvalue weighted by Gasteiger charge is 2.08. The summed E-state index contributed by atoms with van der Waals surface area (Å²) in [5.41, 5.74) is 1.01. The molecule has 1 heterocycles. The highest BCUT2D eigenvalue weighted by atomic mass is 79.9. The van der Waals surface area contributed by atoms with Crippen molar-refractivity contribution < 1.29 is 0 Å². The highest BCUT2D eigenvalue weighted by Crippen LogP contribution is 2.30. The van der Waals surface area contributed by atoms with E-state index in [1.54, 1.807) is 11.3 Å². The van der Waals surface area contributed by atoms with Gasteiger partial charge in [0.25, 0.3) is 0 Å². The number of nitrogens with one attached hydrogen (secondary N) is 1. The zero-order valence-corrected chi connectivity index (χ0v) is 13.1. The van der Waals surface area contributed by atoms with Gasteiger partial charge in [-0.15, -0.1) is 10.2 Å². The summed E-state index contributed by atoms with van der Waals surface area (Å²) in [6.45, 7) is 4.01. The quantitative estimate of drug-likeness (QED) is 0.837. The molecule has 2 rings (SSSR count). The minimum atomic E-state index is 0.692. The molecule has 6 heteroatoms. The second kappa shape index (κ2) is 6.61. The number of halogens is 2. The van der Waals surface area contributed by atoms with Crippen molar-refractivity contribution in [3.63, 3.8) is 0 Å². The summed E-state index contributed by atoms with van der Waals surface area (Å²) in [7, 11) is 0. The van der Waals surface area contributed by atoms with Crippen LogP contribution in [0.4, 0.5) is 0 Å². The van der Waals surface area contributed by atoms with Gasteiger partial charge in [0.2, 0.25) is 0 Å². The SMILES string of the molecule is CCNCCc1nnc(-c2ccc(Br)c(Cl)c2)s1. The number of benzene rings is 1. The van der Waals surface area contributed by atoms with E-state index < -0.39 is 0 Å². The summed E-state index contributed by atoms with van der Waals surface area (Å²) < 4.78 is 0.893. The molecule has 0 aliphatic carbocycles. The Morgan fingerprint density at radius 3 is 2.94 bits per heavy atom. The molecule has 3 nitrogen and oxygen atoms in total. The second-order valence-corrected chi connectivity index (χ2v) is 6.06. The molecule has 0 fully saturated rings. The zero-order valence-electron chi connectivity index (χ0n) is 9.91. The summed E-state index contributed by atoms with van der Waals surface area (Å²) in [5.74, 6) is 0. The number of likely N-dealkylation sites (N-methyl/N-ethyl adjacent to an activating group) is 1. The summed E-state index contributed by atoms with van der Waals surface area (Å²) in [6.07, 6.45) is 0.912. The molecule has 2 aromatic rings. The van der Waals surface area contributed by atoms with Crippen molar-refractivity contribution in [2.45, 2.75) is 13.3 Å². The van der Waals surface area contributed by atoms with Crippen molar-refractivity contribution in [3.05, 3.63) is 32.7 Å². The Bertz CT molecular complexity index is 530. The van der Waals surface area contributed by atoms with E-state index in [4.69, 9.17) is 11.6 Å². The van der Waals surface area contributed by atoms with E-state index in [1.165, 1.54) is 0 Å². The van der Waals surface area contributed by atoms with Gasteiger partial charge in [-0.25, -0.2) is 0 Å². The van der Waals surface area contributed by atoms with Crippen molar-refractivity contribution in [1.29, 1.82) is 0 Å². The molecule has 0 radical (unpaired) electrons.